The molecule has 0 unspecified atom stereocenters. The summed E-state index contributed by atoms with van der Waals surface area (Å²) in [5.74, 6) is 0.219. The Morgan fingerprint density at radius 1 is 1.13 bits per heavy atom. The summed E-state index contributed by atoms with van der Waals surface area (Å²) in [4.78, 5) is 17.7. The molecule has 38 heavy (non-hydrogen) atoms. The number of rotatable bonds is 8. The fraction of sp³-hybridized carbons (Fsp3) is 0.448. The summed E-state index contributed by atoms with van der Waals surface area (Å²) in [7, 11) is -1.55. The molecular formula is C29H36N4O3S2. The van der Waals surface area contributed by atoms with Gasteiger partial charge in [0, 0.05) is 36.2 Å². The van der Waals surface area contributed by atoms with Crippen LogP contribution in [0.25, 0.3) is 22.4 Å². The van der Waals surface area contributed by atoms with Crippen LogP contribution >= 0.6 is 11.3 Å². The molecular weight excluding hydrogens is 516 g/mol. The third kappa shape index (κ3) is 5.86. The second-order valence-electron chi connectivity index (χ2n) is 10.9. The van der Waals surface area contributed by atoms with Crippen molar-refractivity contribution in [3.63, 3.8) is 0 Å². The van der Waals surface area contributed by atoms with E-state index in [4.69, 9.17) is 10.7 Å². The van der Waals surface area contributed by atoms with E-state index in [1.165, 1.54) is 22.5 Å². The zero-order chi connectivity index (χ0) is 26.9. The number of thiophene rings is 1. The Hall–Kier alpha value is -2.59. The second kappa shape index (κ2) is 10.9. The van der Waals surface area contributed by atoms with Crippen molar-refractivity contribution in [2.24, 2.45) is 11.7 Å². The number of nitrogens with one attached hydrogen (secondary N) is 1. The molecule has 3 N–H and O–H groups in total. The van der Waals surface area contributed by atoms with Crippen LogP contribution in [0.5, 0.6) is 0 Å². The molecule has 1 aromatic carbocycles. The van der Waals surface area contributed by atoms with Gasteiger partial charge in [0.25, 0.3) is 0 Å². The van der Waals surface area contributed by atoms with Gasteiger partial charge in [-0.3, -0.25) is 9.78 Å². The van der Waals surface area contributed by atoms with Crippen molar-refractivity contribution in [1.82, 2.24) is 9.29 Å². The fourth-order valence-corrected chi connectivity index (χ4v) is 7.07. The molecule has 0 radical (unpaired) electrons. The lowest BCUT2D eigenvalue weighted by molar-refractivity contribution is -0.117. The van der Waals surface area contributed by atoms with E-state index in [0.29, 0.717) is 12.1 Å². The van der Waals surface area contributed by atoms with Gasteiger partial charge in [0.1, 0.15) is 0 Å². The zero-order valence-corrected chi connectivity index (χ0v) is 23.7. The molecule has 3 aromatic rings. The molecule has 0 spiro atoms. The molecule has 2 aliphatic carbocycles. The van der Waals surface area contributed by atoms with E-state index in [9.17, 15) is 13.2 Å². The molecule has 2 heterocycles. The Balaban J connectivity index is 1.27. The van der Waals surface area contributed by atoms with Crippen LogP contribution in [-0.2, 0) is 20.4 Å². The van der Waals surface area contributed by atoms with Gasteiger partial charge in [0.15, 0.2) is 0 Å². The summed E-state index contributed by atoms with van der Waals surface area (Å²) in [6, 6.07) is 12.5. The van der Waals surface area contributed by atoms with Crippen LogP contribution in [0.15, 0.2) is 53.4 Å². The maximum Gasteiger partial charge on any atom is 0.224 e. The number of nitrogens with two attached hydrogens (primary N) is 1. The first-order valence-electron chi connectivity index (χ1n) is 13.3. The van der Waals surface area contributed by atoms with Crippen LogP contribution in [0, 0.1) is 5.92 Å². The predicted octanol–water partition coefficient (Wildman–Crippen LogP) is 5.59. The lowest BCUT2D eigenvalue weighted by Gasteiger charge is -2.38. The number of sulfonamides is 1. The molecule has 2 saturated carbocycles. The third-order valence-corrected chi connectivity index (χ3v) is 10.3. The van der Waals surface area contributed by atoms with Gasteiger partial charge in [-0.2, -0.15) is 11.3 Å². The molecule has 2 aliphatic rings. The van der Waals surface area contributed by atoms with Crippen molar-refractivity contribution >= 4 is 33.0 Å². The van der Waals surface area contributed by atoms with Gasteiger partial charge in [0.05, 0.1) is 23.8 Å². The highest BCUT2D eigenvalue weighted by atomic mass is 32.2. The topological polar surface area (TPSA) is 105 Å². The average molecular weight is 553 g/mol. The SMILES string of the molecule is CN(C1CCC(CC(=O)Nc2cnc(-c3ccc(C4(N)CCC4)cc3)c(-c3ccsc3)c2)CC1)S(C)(=O)=O. The maximum atomic E-state index is 12.9. The molecule has 2 aromatic heterocycles. The Labute approximate surface area is 229 Å². The maximum absolute atomic E-state index is 12.9. The largest absolute Gasteiger partial charge is 0.325 e. The molecule has 0 saturated heterocycles. The van der Waals surface area contributed by atoms with Crippen molar-refractivity contribution in [2.45, 2.75) is 62.9 Å². The monoisotopic (exact) mass is 552 g/mol. The number of nitrogens with zero attached hydrogens (tertiary/aromatic N) is 2. The highest BCUT2D eigenvalue weighted by molar-refractivity contribution is 7.88. The number of hydrogen-bond acceptors (Lipinski definition) is 6. The van der Waals surface area contributed by atoms with Crippen LogP contribution in [0.2, 0.25) is 0 Å². The van der Waals surface area contributed by atoms with Crippen molar-refractivity contribution < 1.29 is 13.2 Å². The lowest BCUT2D eigenvalue weighted by Crippen LogP contribution is -2.43. The number of anilines is 1. The van der Waals surface area contributed by atoms with Crippen LogP contribution in [0.4, 0.5) is 5.69 Å². The molecule has 9 heteroatoms. The van der Waals surface area contributed by atoms with Crippen molar-refractivity contribution in [3.8, 4) is 22.4 Å². The van der Waals surface area contributed by atoms with E-state index < -0.39 is 10.0 Å². The predicted molar refractivity (Wildman–Crippen MR) is 154 cm³/mol. The highest BCUT2D eigenvalue weighted by Gasteiger charge is 2.34. The molecule has 0 aliphatic heterocycles. The highest BCUT2D eigenvalue weighted by Crippen LogP contribution is 2.40. The van der Waals surface area contributed by atoms with Gasteiger partial charge in [-0.05, 0) is 84.9 Å². The van der Waals surface area contributed by atoms with Crippen molar-refractivity contribution in [3.05, 3.63) is 58.9 Å². The first-order valence-corrected chi connectivity index (χ1v) is 16.1. The van der Waals surface area contributed by atoms with Gasteiger partial charge in [-0.25, -0.2) is 12.7 Å². The van der Waals surface area contributed by atoms with E-state index in [1.807, 2.05) is 11.4 Å². The Bertz CT molecular complexity index is 1380. The van der Waals surface area contributed by atoms with Crippen molar-refractivity contribution in [1.29, 1.82) is 0 Å². The number of amides is 1. The number of benzene rings is 1. The average Bonchev–Trinajstić information content (AvgIpc) is 3.42. The summed E-state index contributed by atoms with van der Waals surface area (Å²) >= 11 is 1.63. The van der Waals surface area contributed by atoms with E-state index in [-0.39, 0.29) is 23.4 Å². The normalized spacial score (nSPS) is 21.2. The number of hydrogen-bond donors (Lipinski definition) is 2. The van der Waals surface area contributed by atoms with Crippen LogP contribution in [0.1, 0.15) is 56.9 Å². The summed E-state index contributed by atoms with van der Waals surface area (Å²) in [6.07, 6.45) is 9.88. The third-order valence-electron chi connectivity index (χ3n) is 8.31. The Kier molecular flexibility index (Phi) is 7.73. The number of aromatic nitrogens is 1. The summed E-state index contributed by atoms with van der Waals surface area (Å²) in [5, 5.41) is 7.19. The number of carbonyl (C=O) groups is 1. The summed E-state index contributed by atoms with van der Waals surface area (Å²) in [5.41, 5.74) is 12.1. The van der Waals surface area contributed by atoms with E-state index in [0.717, 1.165) is 60.9 Å². The summed E-state index contributed by atoms with van der Waals surface area (Å²) in [6.45, 7) is 0. The van der Waals surface area contributed by atoms with Crippen LogP contribution in [0.3, 0.4) is 0 Å². The van der Waals surface area contributed by atoms with E-state index >= 15 is 0 Å². The summed E-state index contributed by atoms with van der Waals surface area (Å²) < 4.78 is 25.2. The zero-order valence-electron chi connectivity index (χ0n) is 22.0. The molecule has 2 fully saturated rings. The van der Waals surface area contributed by atoms with E-state index in [2.05, 4.69) is 41.0 Å². The molecule has 5 rings (SSSR count). The number of pyridine rings is 1. The quantitative estimate of drug-likeness (QED) is 0.379. The van der Waals surface area contributed by atoms with Crippen molar-refractivity contribution in [2.75, 3.05) is 18.6 Å². The lowest BCUT2D eigenvalue weighted by atomic mass is 9.72. The minimum atomic E-state index is -3.20. The van der Waals surface area contributed by atoms with Crippen LogP contribution < -0.4 is 11.1 Å². The smallest absolute Gasteiger partial charge is 0.224 e. The van der Waals surface area contributed by atoms with Gasteiger partial charge in [-0.1, -0.05) is 24.3 Å². The van der Waals surface area contributed by atoms with Gasteiger partial charge in [-0.15, -0.1) is 0 Å². The van der Waals surface area contributed by atoms with Gasteiger partial charge in [0.2, 0.25) is 15.9 Å². The van der Waals surface area contributed by atoms with E-state index in [1.54, 1.807) is 24.6 Å². The molecule has 7 nitrogen and oxygen atoms in total. The number of carbonyl (C=O) groups excluding carboxylic acids is 1. The molecule has 0 bridgehead atoms. The minimum Gasteiger partial charge on any atom is -0.325 e. The van der Waals surface area contributed by atoms with Gasteiger partial charge >= 0.3 is 0 Å². The first-order chi connectivity index (χ1) is 18.1. The Morgan fingerprint density at radius 3 is 2.42 bits per heavy atom. The molecule has 202 valence electrons. The second-order valence-corrected chi connectivity index (χ2v) is 13.7. The first kappa shape index (κ1) is 27.0. The fourth-order valence-electron chi connectivity index (χ4n) is 5.66. The molecule has 1 amide bonds. The Morgan fingerprint density at radius 2 is 1.84 bits per heavy atom. The molecule has 0 atom stereocenters. The minimum absolute atomic E-state index is 0.0207. The standard InChI is InChI=1S/C29H36N4O3S2/c1-33(38(2,35)36)25-10-4-20(5-11-25)16-27(34)32-24-17-26(22-12-15-37-19-22)28(31-18-24)21-6-8-23(9-7-21)29(30)13-3-14-29/h6-9,12,15,17-20,25H,3-5,10-11,13-14,16,30H2,1-2H3,(H,32,34). The van der Waals surface area contributed by atoms with Gasteiger partial charge < -0.3 is 11.1 Å². The van der Waals surface area contributed by atoms with Crippen LogP contribution in [-0.4, -0.2) is 43.0 Å².